The molecule has 1 N–H and O–H groups in total. The second-order valence-corrected chi connectivity index (χ2v) is 7.46. The third kappa shape index (κ3) is 3.73. The standard InChI is InChI=1S/C14H25N3O2S/c1-3-10-16(4-2)20(18,19)17-11-6-5-7-14(17)12-15-13-8-9-13/h1,13-15H,4-12H2,2H3. The van der Waals surface area contributed by atoms with Gasteiger partial charge in [-0.15, -0.1) is 6.42 Å². The van der Waals surface area contributed by atoms with Crippen molar-refractivity contribution >= 4 is 10.2 Å². The first kappa shape index (κ1) is 15.8. The van der Waals surface area contributed by atoms with Crippen molar-refractivity contribution in [2.75, 3.05) is 26.2 Å². The van der Waals surface area contributed by atoms with Gasteiger partial charge >= 0.3 is 0 Å². The Bertz CT molecular complexity index is 454. The first-order valence-electron chi connectivity index (χ1n) is 7.53. The lowest BCUT2D eigenvalue weighted by atomic mass is 10.1. The molecule has 114 valence electrons. The van der Waals surface area contributed by atoms with E-state index >= 15 is 0 Å². The van der Waals surface area contributed by atoms with Gasteiger partial charge in [-0.2, -0.15) is 17.0 Å². The lowest BCUT2D eigenvalue weighted by molar-refractivity contribution is 0.229. The Hall–Kier alpha value is -0.610. The molecule has 1 unspecified atom stereocenters. The van der Waals surface area contributed by atoms with E-state index in [1.54, 1.807) is 4.31 Å². The molecule has 2 fully saturated rings. The Balaban J connectivity index is 2.06. The van der Waals surface area contributed by atoms with Crippen molar-refractivity contribution in [3.63, 3.8) is 0 Å². The third-order valence-electron chi connectivity index (χ3n) is 4.04. The number of rotatable bonds is 7. The summed E-state index contributed by atoms with van der Waals surface area (Å²) in [7, 11) is -3.43. The molecule has 0 aromatic rings. The predicted molar refractivity (Wildman–Crippen MR) is 80.4 cm³/mol. The lowest BCUT2D eigenvalue weighted by Crippen LogP contribution is -2.53. The fourth-order valence-electron chi connectivity index (χ4n) is 2.68. The summed E-state index contributed by atoms with van der Waals surface area (Å²) < 4.78 is 28.5. The minimum Gasteiger partial charge on any atom is -0.312 e. The van der Waals surface area contributed by atoms with Crippen molar-refractivity contribution in [1.82, 2.24) is 13.9 Å². The van der Waals surface area contributed by atoms with Gasteiger partial charge in [0, 0.05) is 31.7 Å². The molecule has 5 nitrogen and oxygen atoms in total. The minimum atomic E-state index is -3.43. The van der Waals surface area contributed by atoms with Crippen molar-refractivity contribution in [2.24, 2.45) is 0 Å². The van der Waals surface area contributed by atoms with Gasteiger partial charge < -0.3 is 5.32 Å². The Labute approximate surface area is 122 Å². The topological polar surface area (TPSA) is 52.7 Å². The van der Waals surface area contributed by atoms with Crippen LogP contribution in [0.5, 0.6) is 0 Å². The van der Waals surface area contributed by atoms with Crippen LogP contribution < -0.4 is 5.32 Å². The SMILES string of the molecule is C#CCN(CC)S(=O)(=O)N1CCCCC1CNC1CC1. The highest BCUT2D eigenvalue weighted by Gasteiger charge is 2.36. The molecule has 1 atom stereocenters. The number of hydrogen-bond acceptors (Lipinski definition) is 3. The molecule has 2 rings (SSSR count). The summed E-state index contributed by atoms with van der Waals surface area (Å²) in [6.07, 6.45) is 10.7. The Kier molecular flexibility index (Phi) is 5.44. The molecule has 0 radical (unpaired) electrons. The number of nitrogens with zero attached hydrogens (tertiary/aromatic N) is 2. The van der Waals surface area contributed by atoms with Crippen molar-refractivity contribution in [3.8, 4) is 12.3 Å². The number of hydrogen-bond donors (Lipinski definition) is 1. The molecule has 1 saturated carbocycles. The van der Waals surface area contributed by atoms with E-state index in [0.29, 0.717) is 19.1 Å². The molecule has 0 aromatic carbocycles. The maximum absolute atomic E-state index is 12.7. The van der Waals surface area contributed by atoms with E-state index in [0.717, 1.165) is 25.8 Å². The molecule has 0 bridgehead atoms. The van der Waals surface area contributed by atoms with Crippen molar-refractivity contribution in [2.45, 2.75) is 51.1 Å². The molecule has 20 heavy (non-hydrogen) atoms. The van der Waals surface area contributed by atoms with Crippen LogP contribution in [0.25, 0.3) is 0 Å². The van der Waals surface area contributed by atoms with Gasteiger partial charge in [-0.05, 0) is 25.7 Å². The van der Waals surface area contributed by atoms with Crippen LogP contribution in [0, 0.1) is 12.3 Å². The Morgan fingerprint density at radius 2 is 2.10 bits per heavy atom. The maximum atomic E-state index is 12.7. The molecule has 6 heteroatoms. The van der Waals surface area contributed by atoms with E-state index in [1.807, 2.05) is 6.92 Å². The van der Waals surface area contributed by atoms with E-state index in [9.17, 15) is 8.42 Å². The molecular weight excluding hydrogens is 274 g/mol. The van der Waals surface area contributed by atoms with Crippen LogP contribution in [0.15, 0.2) is 0 Å². The molecule has 0 amide bonds. The molecule has 2 aliphatic rings. The summed E-state index contributed by atoms with van der Waals surface area (Å²) in [5.74, 6) is 2.44. The second-order valence-electron chi connectivity index (χ2n) is 5.58. The quantitative estimate of drug-likeness (QED) is 0.707. The van der Waals surface area contributed by atoms with E-state index in [-0.39, 0.29) is 12.6 Å². The van der Waals surface area contributed by atoms with Crippen molar-refractivity contribution in [3.05, 3.63) is 0 Å². The smallest absolute Gasteiger partial charge is 0.283 e. The van der Waals surface area contributed by atoms with Crippen molar-refractivity contribution < 1.29 is 8.42 Å². The van der Waals surface area contributed by atoms with Crippen LogP contribution >= 0.6 is 0 Å². The monoisotopic (exact) mass is 299 g/mol. The second kappa shape index (κ2) is 6.90. The first-order valence-corrected chi connectivity index (χ1v) is 8.93. The number of terminal acetylenes is 1. The van der Waals surface area contributed by atoms with Gasteiger partial charge in [-0.25, -0.2) is 0 Å². The van der Waals surface area contributed by atoms with E-state index in [1.165, 1.54) is 17.1 Å². The highest BCUT2D eigenvalue weighted by atomic mass is 32.2. The molecule has 1 aliphatic heterocycles. The summed E-state index contributed by atoms with van der Waals surface area (Å²) in [4.78, 5) is 0. The Morgan fingerprint density at radius 1 is 1.35 bits per heavy atom. The van der Waals surface area contributed by atoms with E-state index < -0.39 is 10.2 Å². The average Bonchev–Trinajstić information content (AvgIpc) is 3.26. The van der Waals surface area contributed by atoms with Crippen molar-refractivity contribution in [1.29, 1.82) is 0 Å². The summed E-state index contributed by atoms with van der Waals surface area (Å²) in [6, 6.07) is 0.677. The van der Waals surface area contributed by atoms with Crippen LogP contribution in [-0.2, 0) is 10.2 Å². The summed E-state index contributed by atoms with van der Waals surface area (Å²) in [6.45, 7) is 3.78. The first-order chi connectivity index (χ1) is 9.59. The number of piperidine rings is 1. The summed E-state index contributed by atoms with van der Waals surface area (Å²) in [5.41, 5.74) is 0. The van der Waals surface area contributed by atoms with E-state index in [4.69, 9.17) is 6.42 Å². The average molecular weight is 299 g/mol. The minimum absolute atomic E-state index is 0.0705. The van der Waals surface area contributed by atoms with Gasteiger partial charge in [0.05, 0.1) is 6.54 Å². The zero-order chi connectivity index (χ0) is 14.6. The molecule has 1 heterocycles. The zero-order valence-corrected chi connectivity index (χ0v) is 13.0. The van der Waals surface area contributed by atoms with E-state index in [2.05, 4.69) is 11.2 Å². The molecule has 1 saturated heterocycles. The lowest BCUT2D eigenvalue weighted by Gasteiger charge is -2.37. The van der Waals surface area contributed by atoms with Gasteiger partial charge in [-0.1, -0.05) is 19.3 Å². The molecular formula is C14H25N3O2S. The fourth-order valence-corrected chi connectivity index (χ4v) is 4.46. The fraction of sp³-hybridized carbons (Fsp3) is 0.857. The van der Waals surface area contributed by atoms with Gasteiger partial charge in [0.1, 0.15) is 0 Å². The normalized spacial score (nSPS) is 24.8. The predicted octanol–water partition coefficient (Wildman–Crippen LogP) is 0.793. The summed E-state index contributed by atoms with van der Waals surface area (Å²) in [5, 5.41) is 3.45. The van der Waals surface area contributed by atoms with Crippen LogP contribution in [0.3, 0.4) is 0 Å². The Morgan fingerprint density at radius 3 is 2.70 bits per heavy atom. The largest absolute Gasteiger partial charge is 0.312 e. The van der Waals surface area contributed by atoms with Crippen LogP contribution in [0.2, 0.25) is 0 Å². The molecule has 1 aliphatic carbocycles. The van der Waals surface area contributed by atoms with Crippen LogP contribution in [0.1, 0.15) is 39.0 Å². The number of nitrogens with one attached hydrogen (secondary N) is 1. The van der Waals surface area contributed by atoms with Gasteiger partial charge in [0.15, 0.2) is 0 Å². The van der Waals surface area contributed by atoms with Gasteiger partial charge in [-0.3, -0.25) is 0 Å². The molecule has 0 aromatic heterocycles. The van der Waals surface area contributed by atoms with Crippen LogP contribution in [-0.4, -0.2) is 55.3 Å². The van der Waals surface area contributed by atoms with Crippen LogP contribution in [0.4, 0.5) is 0 Å². The maximum Gasteiger partial charge on any atom is 0.283 e. The summed E-state index contributed by atoms with van der Waals surface area (Å²) >= 11 is 0. The molecule has 0 spiro atoms. The van der Waals surface area contributed by atoms with Gasteiger partial charge in [0.25, 0.3) is 10.2 Å². The zero-order valence-electron chi connectivity index (χ0n) is 12.2. The third-order valence-corrected chi connectivity index (χ3v) is 6.15. The highest BCUT2D eigenvalue weighted by Crippen LogP contribution is 2.24. The highest BCUT2D eigenvalue weighted by molar-refractivity contribution is 7.86. The van der Waals surface area contributed by atoms with Gasteiger partial charge in [0.2, 0.25) is 0 Å².